The number of terminal acetylenes is 1. The number of carbonyl (C=O) groups is 4. The summed E-state index contributed by atoms with van der Waals surface area (Å²) in [5.74, 6) is -0.350. The van der Waals surface area contributed by atoms with Crippen molar-refractivity contribution >= 4 is 23.7 Å². The van der Waals surface area contributed by atoms with Crippen molar-refractivity contribution in [3.63, 3.8) is 0 Å². The number of amides is 3. The molecule has 1 N–H and O–H groups in total. The highest BCUT2D eigenvalue weighted by Crippen LogP contribution is 2.12. The maximum Gasteiger partial charge on any atom is 0.335 e. The van der Waals surface area contributed by atoms with Crippen LogP contribution in [-0.2, 0) is 33.5 Å². The zero-order chi connectivity index (χ0) is 17.1. The number of rotatable bonds is 10. The molecule has 0 unspecified atom stereocenters. The van der Waals surface area contributed by atoms with Crippen LogP contribution in [0.3, 0.4) is 0 Å². The molecule has 1 rings (SSSR count). The molecule has 0 spiro atoms. The number of ether oxygens (including phenoxy) is 2. The Labute approximate surface area is 133 Å². The lowest BCUT2D eigenvalue weighted by Gasteiger charge is -2.12. The number of carbonyl (C=O) groups excluding carboxylic acids is 4. The molecule has 0 bridgehead atoms. The van der Waals surface area contributed by atoms with Gasteiger partial charge in [0.1, 0.15) is 0 Å². The third-order valence-corrected chi connectivity index (χ3v) is 2.68. The Kier molecular flexibility index (Phi) is 8.34. The van der Waals surface area contributed by atoms with Crippen LogP contribution in [0.4, 0.5) is 0 Å². The zero-order valence-corrected chi connectivity index (χ0v) is 12.5. The van der Waals surface area contributed by atoms with Crippen molar-refractivity contribution in [3.8, 4) is 12.3 Å². The van der Waals surface area contributed by atoms with Gasteiger partial charge in [-0.2, -0.15) is 0 Å². The molecule has 0 aromatic heterocycles. The van der Waals surface area contributed by atoms with Crippen LogP contribution in [0.1, 0.15) is 19.3 Å². The van der Waals surface area contributed by atoms with Crippen LogP contribution in [0.2, 0.25) is 0 Å². The van der Waals surface area contributed by atoms with Gasteiger partial charge in [-0.3, -0.25) is 14.4 Å². The van der Waals surface area contributed by atoms with Crippen LogP contribution in [0.5, 0.6) is 0 Å². The Morgan fingerprint density at radius 1 is 1.09 bits per heavy atom. The summed E-state index contributed by atoms with van der Waals surface area (Å²) in [4.78, 5) is 49.2. The minimum absolute atomic E-state index is 0.0573. The summed E-state index contributed by atoms with van der Waals surface area (Å²) < 4.78 is 10.3. The van der Waals surface area contributed by atoms with Crippen molar-refractivity contribution in [2.24, 2.45) is 0 Å². The van der Waals surface area contributed by atoms with Crippen LogP contribution in [-0.4, -0.2) is 61.7 Å². The largest absolute Gasteiger partial charge is 0.378 e. The highest BCUT2D eigenvalue weighted by molar-refractivity contribution is 6.01. The molecule has 23 heavy (non-hydrogen) atoms. The molecule has 1 heterocycles. The first-order chi connectivity index (χ1) is 11.0. The first kappa shape index (κ1) is 18.6. The molecule has 0 saturated carbocycles. The molecule has 1 aliphatic heterocycles. The van der Waals surface area contributed by atoms with Crippen molar-refractivity contribution in [1.82, 2.24) is 10.4 Å². The lowest BCUT2D eigenvalue weighted by Crippen LogP contribution is -2.32. The van der Waals surface area contributed by atoms with Gasteiger partial charge in [-0.05, 0) is 5.92 Å². The fourth-order valence-electron chi connectivity index (χ4n) is 1.57. The van der Waals surface area contributed by atoms with Gasteiger partial charge < -0.3 is 19.6 Å². The highest BCUT2D eigenvalue weighted by atomic mass is 16.7. The monoisotopic (exact) mass is 326 g/mol. The first-order valence-corrected chi connectivity index (χ1v) is 7.01. The molecule has 1 aliphatic rings. The Morgan fingerprint density at radius 2 is 1.70 bits per heavy atom. The fourth-order valence-corrected chi connectivity index (χ4v) is 1.57. The second-order valence-corrected chi connectivity index (χ2v) is 4.42. The van der Waals surface area contributed by atoms with Crippen molar-refractivity contribution in [2.45, 2.75) is 19.3 Å². The van der Waals surface area contributed by atoms with Crippen molar-refractivity contribution in [1.29, 1.82) is 0 Å². The van der Waals surface area contributed by atoms with E-state index in [9.17, 15) is 19.2 Å². The number of imide groups is 1. The summed E-state index contributed by atoms with van der Waals surface area (Å²) in [7, 11) is 0. The second kappa shape index (κ2) is 10.3. The second-order valence-electron chi connectivity index (χ2n) is 4.42. The molecular formula is C14H18N2O7. The van der Waals surface area contributed by atoms with Crippen molar-refractivity contribution in [3.05, 3.63) is 0 Å². The number of hydroxylamine groups is 2. The molecule has 0 radical (unpaired) electrons. The van der Waals surface area contributed by atoms with E-state index in [4.69, 9.17) is 15.9 Å². The van der Waals surface area contributed by atoms with E-state index in [2.05, 4.69) is 10.2 Å². The average molecular weight is 326 g/mol. The van der Waals surface area contributed by atoms with E-state index in [1.165, 1.54) is 0 Å². The summed E-state index contributed by atoms with van der Waals surface area (Å²) in [6.45, 7) is 1.19. The Bertz CT molecular complexity index is 482. The van der Waals surface area contributed by atoms with Crippen molar-refractivity contribution in [2.75, 3.05) is 33.0 Å². The molecule has 0 aliphatic carbocycles. The highest BCUT2D eigenvalue weighted by Gasteiger charge is 2.32. The quantitative estimate of drug-likeness (QED) is 0.304. The van der Waals surface area contributed by atoms with E-state index in [0.29, 0.717) is 11.6 Å². The topological polar surface area (TPSA) is 111 Å². The number of nitrogens with zero attached hydrogens (tertiary/aromatic N) is 1. The third kappa shape index (κ3) is 7.39. The summed E-state index contributed by atoms with van der Waals surface area (Å²) in [6, 6.07) is 0. The van der Waals surface area contributed by atoms with Gasteiger partial charge in [0.25, 0.3) is 17.7 Å². The maximum atomic E-state index is 11.4. The summed E-state index contributed by atoms with van der Waals surface area (Å²) >= 11 is 0. The van der Waals surface area contributed by atoms with Crippen molar-refractivity contribution < 1.29 is 33.5 Å². The van der Waals surface area contributed by atoms with E-state index >= 15 is 0 Å². The van der Waals surface area contributed by atoms with E-state index < -0.39 is 23.7 Å². The van der Waals surface area contributed by atoms with E-state index in [0.717, 1.165) is 0 Å². The van der Waals surface area contributed by atoms with Gasteiger partial charge in [-0.15, -0.1) is 11.5 Å². The van der Waals surface area contributed by atoms with Gasteiger partial charge in [0.2, 0.25) is 0 Å². The lowest BCUT2D eigenvalue weighted by atomic mass is 10.4. The zero-order valence-electron chi connectivity index (χ0n) is 12.5. The molecule has 3 amide bonds. The van der Waals surface area contributed by atoms with Gasteiger partial charge >= 0.3 is 5.97 Å². The Morgan fingerprint density at radius 3 is 2.30 bits per heavy atom. The van der Waals surface area contributed by atoms with Crippen LogP contribution in [0.25, 0.3) is 0 Å². The predicted molar refractivity (Wildman–Crippen MR) is 75.3 cm³/mol. The number of nitrogens with one attached hydrogen (secondary N) is 1. The number of hydrogen-bond donors (Lipinski definition) is 1. The molecule has 9 heteroatoms. The smallest absolute Gasteiger partial charge is 0.335 e. The molecule has 0 aromatic rings. The van der Waals surface area contributed by atoms with Gasteiger partial charge in [0.05, 0.1) is 32.8 Å². The van der Waals surface area contributed by atoms with Gasteiger partial charge in [0.15, 0.2) is 0 Å². The molecule has 0 aromatic carbocycles. The molecule has 1 saturated heterocycles. The third-order valence-electron chi connectivity index (χ3n) is 2.68. The molecule has 1 fully saturated rings. The first-order valence-electron chi connectivity index (χ1n) is 7.01. The fraction of sp³-hybridized carbons (Fsp3) is 0.571. The predicted octanol–water partition coefficient (Wildman–Crippen LogP) is -1.23. The van der Waals surface area contributed by atoms with Gasteiger partial charge in [-0.1, -0.05) is 0 Å². The van der Waals surface area contributed by atoms with Crippen LogP contribution >= 0.6 is 0 Å². The normalized spacial score (nSPS) is 13.8. The minimum atomic E-state index is -0.716. The van der Waals surface area contributed by atoms with Gasteiger partial charge in [0, 0.05) is 19.4 Å². The lowest BCUT2D eigenvalue weighted by molar-refractivity contribution is -0.198. The summed E-state index contributed by atoms with van der Waals surface area (Å²) in [5, 5.41) is 2.93. The van der Waals surface area contributed by atoms with Crippen LogP contribution in [0.15, 0.2) is 0 Å². The van der Waals surface area contributed by atoms with Gasteiger partial charge in [-0.25, -0.2) is 4.79 Å². The van der Waals surface area contributed by atoms with Crippen LogP contribution in [0, 0.1) is 12.3 Å². The molecule has 0 atom stereocenters. The summed E-state index contributed by atoms with van der Waals surface area (Å²) in [6.07, 6.45) is 4.88. The standard InChI is InChI=1S/C14H18N2O7/c1-2-11(17)15-6-8-22-10-9-21-7-5-14(20)23-16-12(18)3-4-13(16)19/h1H,3-10H2,(H,15,17). The number of hydrogen-bond acceptors (Lipinski definition) is 7. The van der Waals surface area contributed by atoms with Crippen LogP contribution < -0.4 is 5.32 Å². The Hall–Kier alpha value is -2.44. The Balaban J connectivity index is 1.95. The summed E-state index contributed by atoms with van der Waals surface area (Å²) in [5.41, 5.74) is 0. The molecular weight excluding hydrogens is 308 g/mol. The minimum Gasteiger partial charge on any atom is -0.378 e. The maximum absolute atomic E-state index is 11.4. The van der Waals surface area contributed by atoms with E-state index in [1.807, 2.05) is 5.92 Å². The van der Waals surface area contributed by atoms with E-state index in [1.54, 1.807) is 0 Å². The van der Waals surface area contributed by atoms with E-state index in [-0.39, 0.29) is 45.7 Å². The molecule has 126 valence electrons. The SMILES string of the molecule is C#CC(=O)NCCOCCOCCC(=O)ON1C(=O)CCC1=O. The average Bonchev–Trinajstić information content (AvgIpc) is 2.84. The molecule has 9 nitrogen and oxygen atoms in total.